The highest BCUT2D eigenvalue weighted by Crippen LogP contribution is 2.19. The molecular formula is C16H19N5O3. The summed E-state index contributed by atoms with van der Waals surface area (Å²) in [7, 11) is 0. The van der Waals surface area contributed by atoms with Gasteiger partial charge in [-0.2, -0.15) is 5.10 Å². The standard InChI is InChI=1S/C16H19N5O3/c1-10-4-14-15(5-11(10)2)19(9-17-14)6-13(22)7-20-8-16(21(23)24)12(3)18-20/h4-5,8-9,13,22H,6-7H2,1-3H3/t13-/m1/s1. The Labute approximate surface area is 138 Å². The lowest BCUT2D eigenvalue weighted by atomic mass is 10.1. The van der Waals surface area contributed by atoms with E-state index in [9.17, 15) is 15.2 Å². The SMILES string of the molecule is Cc1cc2ncn(C[C@@H](O)Cn3cc([N+](=O)[O-])c(C)n3)c2cc1C. The predicted molar refractivity (Wildman–Crippen MR) is 88.8 cm³/mol. The molecule has 126 valence electrons. The van der Waals surface area contributed by atoms with Crippen LogP contribution in [0.2, 0.25) is 0 Å². The minimum Gasteiger partial charge on any atom is -0.389 e. The Kier molecular flexibility index (Phi) is 4.06. The zero-order valence-corrected chi connectivity index (χ0v) is 13.8. The molecule has 2 aromatic heterocycles. The summed E-state index contributed by atoms with van der Waals surface area (Å²) in [6, 6.07) is 4.07. The number of nitrogens with zero attached hydrogens (tertiary/aromatic N) is 5. The van der Waals surface area contributed by atoms with E-state index in [1.807, 2.05) is 30.5 Å². The summed E-state index contributed by atoms with van der Waals surface area (Å²) >= 11 is 0. The summed E-state index contributed by atoms with van der Waals surface area (Å²) in [5.41, 5.74) is 4.48. The monoisotopic (exact) mass is 329 g/mol. The molecule has 0 unspecified atom stereocenters. The van der Waals surface area contributed by atoms with Gasteiger partial charge in [-0.3, -0.25) is 14.8 Å². The van der Waals surface area contributed by atoms with Gasteiger partial charge < -0.3 is 9.67 Å². The van der Waals surface area contributed by atoms with Gasteiger partial charge in [0.05, 0.1) is 41.5 Å². The quantitative estimate of drug-likeness (QED) is 0.571. The lowest BCUT2D eigenvalue weighted by Crippen LogP contribution is -2.22. The van der Waals surface area contributed by atoms with Crippen LogP contribution < -0.4 is 0 Å². The van der Waals surface area contributed by atoms with E-state index in [1.165, 1.54) is 16.4 Å². The van der Waals surface area contributed by atoms with Crippen molar-refractivity contribution < 1.29 is 10.0 Å². The van der Waals surface area contributed by atoms with E-state index in [0.717, 1.165) is 16.6 Å². The highest BCUT2D eigenvalue weighted by molar-refractivity contribution is 5.77. The number of hydrogen-bond donors (Lipinski definition) is 1. The summed E-state index contributed by atoms with van der Waals surface area (Å²) in [5, 5.41) is 25.3. The van der Waals surface area contributed by atoms with Crippen LogP contribution in [0.1, 0.15) is 16.8 Å². The molecule has 24 heavy (non-hydrogen) atoms. The fourth-order valence-electron chi connectivity index (χ4n) is 2.74. The van der Waals surface area contributed by atoms with Gasteiger partial charge >= 0.3 is 5.69 Å². The van der Waals surface area contributed by atoms with Crippen LogP contribution in [0, 0.1) is 30.9 Å². The van der Waals surface area contributed by atoms with Gasteiger partial charge in [0.15, 0.2) is 0 Å². The average molecular weight is 329 g/mol. The molecule has 8 nitrogen and oxygen atoms in total. The molecular weight excluding hydrogens is 310 g/mol. The van der Waals surface area contributed by atoms with Gasteiger partial charge in [-0.25, -0.2) is 4.98 Å². The summed E-state index contributed by atoms with van der Waals surface area (Å²) in [4.78, 5) is 14.8. The maximum Gasteiger partial charge on any atom is 0.309 e. The van der Waals surface area contributed by atoms with Gasteiger partial charge in [0.25, 0.3) is 0 Å². The number of benzene rings is 1. The van der Waals surface area contributed by atoms with Crippen LogP contribution >= 0.6 is 0 Å². The van der Waals surface area contributed by atoms with Crippen molar-refractivity contribution in [3.05, 3.63) is 51.6 Å². The number of fused-ring (bicyclic) bond motifs is 1. The molecule has 1 atom stereocenters. The molecule has 1 N–H and O–H groups in total. The molecule has 3 rings (SSSR count). The molecule has 0 aliphatic heterocycles. The first kappa shape index (κ1) is 16.1. The molecule has 0 aliphatic rings. The van der Waals surface area contributed by atoms with Gasteiger partial charge in [0.1, 0.15) is 11.9 Å². The van der Waals surface area contributed by atoms with Gasteiger partial charge in [-0.05, 0) is 44.0 Å². The molecule has 3 aromatic rings. The number of aryl methyl sites for hydroxylation is 3. The molecule has 0 saturated heterocycles. The Morgan fingerprint density at radius 2 is 1.96 bits per heavy atom. The van der Waals surface area contributed by atoms with E-state index >= 15 is 0 Å². The Morgan fingerprint density at radius 3 is 2.62 bits per heavy atom. The molecule has 0 bridgehead atoms. The average Bonchev–Trinajstić information content (AvgIpc) is 3.04. The second-order valence-corrected chi connectivity index (χ2v) is 6.05. The second-order valence-electron chi connectivity index (χ2n) is 6.05. The van der Waals surface area contributed by atoms with E-state index in [0.29, 0.717) is 12.2 Å². The molecule has 0 radical (unpaired) electrons. The first-order valence-electron chi connectivity index (χ1n) is 7.63. The lowest BCUT2D eigenvalue weighted by Gasteiger charge is -2.12. The zero-order valence-electron chi connectivity index (χ0n) is 13.8. The first-order chi connectivity index (χ1) is 11.3. The number of aliphatic hydroxyl groups excluding tert-OH is 1. The highest BCUT2D eigenvalue weighted by Gasteiger charge is 2.17. The number of imidazole rings is 1. The number of aliphatic hydroxyl groups is 1. The largest absolute Gasteiger partial charge is 0.389 e. The van der Waals surface area contributed by atoms with Crippen molar-refractivity contribution in [1.82, 2.24) is 19.3 Å². The van der Waals surface area contributed by atoms with E-state index in [2.05, 4.69) is 10.1 Å². The Hall–Kier alpha value is -2.74. The summed E-state index contributed by atoms with van der Waals surface area (Å²) in [6.07, 6.45) is 2.31. The second kappa shape index (κ2) is 6.04. The Bertz CT molecular complexity index is 912. The van der Waals surface area contributed by atoms with Crippen LogP contribution in [-0.2, 0) is 13.1 Å². The van der Waals surface area contributed by atoms with E-state index < -0.39 is 11.0 Å². The maximum absolute atomic E-state index is 10.9. The van der Waals surface area contributed by atoms with Gasteiger partial charge in [-0.15, -0.1) is 0 Å². The van der Waals surface area contributed by atoms with E-state index in [-0.39, 0.29) is 12.2 Å². The van der Waals surface area contributed by atoms with E-state index in [1.54, 1.807) is 13.3 Å². The summed E-state index contributed by atoms with van der Waals surface area (Å²) in [5.74, 6) is 0. The third-order valence-corrected chi connectivity index (χ3v) is 4.16. The van der Waals surface area contributed by atoms with Gasteiger partial charge in [-0.1, -0.05) is 0 Å². The molecule has 1 aromatic carbocycles. The highest BCUT2D eigenvalue weighted by atomic mass is 16.6. The molecule has 0 aliphatic carbocycles. The van der Waals surface area contributed by atoms with Crippen LogP contribution in [0.25, 0.3) is 11.0 Å². The van der Waals surface area contributed by atoms with Crippen molar-refractivity contribution in [1.29, 1.82) is 0 Å². The molecule has 2 heterocycles. The molecule has 0 saturated carbocycles. The van der Waals surface area contributed by atoms with Crippen LogP contribution in [-0.4, -0.2) is 35.5 Å². The van der Waals surface area contributed by atoms with Crippen molar-refractivity contribution in [2.45, 2.75) is 40.0 Å². The van der Waals surface area contributed by atoms with Crippen LogP contribution in [0.15, 0.2) is 24.7 Å². The molecule has 0 spiro atoms. The lowest BCUT2D eigenvalue weighted by molar-refractivity contribution is -0.385. The third-order valence-electron chi connectivity index (χ3n) is 4.16. The minimum absolute atomic E-state index is 0.0404. The molecule has 0 fully saturated rings. The Morgan fingerprint density at radius 1 is 1.25 bits per heavy atom. The predicted octanol–water partition coefficient (Wildman–Crippen LogP) is 2.13. The summed E-state index contributed by atoms with van der Waals surface area (Å²) < 4.78 is 3.30. The van der Waals surface area contributed by atoms with Crippen LogP contribution in [0.3, 0.4) is 0 Å². The minimum atomic E-state index is -0.733. The number of hydrogen-bond acceptors (Lipinski definition) is 5. The normalized spacial score (nSPS) is 12.7. The van der Waals surface area contributed by atoms with Crippen molar-refractivity contribution >= 4 is 16.7 Å². The molecule has 0 amide bonds. The van der Waals surface area contributed by atoms with Gasteiger partial charge in [0.2, 0.25) is 0 Å². The fourth-order valence-corrected chi connectivity index (χ4v) is 2.74. The van der Waals surface area contributed by atoms with Crippen molar-refractivity contribution in [2.75, 3.05) is 0 Å². The van der Waals surface area contributed by atoms with Crippen LogP contribution in [0.4, 0.5) is 5.69 Å². The zero-order chi connectivity index (χ0) is 17.4. The number of nitro groups is 1. The number of rotatable bonds is 5. The number of aromatic nitrogens is 4. The van der Waals surface area contributed by atoms with Crippen LogP contribution in [0.5, 0.6) is 0 Å². The Balaban J connectivity index is 1.78. The van der Waals surface area contributed by atoms with Crippen molar-refractivity contribution in [3.8, 4) is 0 Å². The van der Waals surface area contributed by atoms with E-state index in [4.69, 9.17) is 0 Å². The summed E-state index contributed by atoms with van der Waals surface area (Å²) in [6.45, 7) is 6.17. The first-order valence-corrected chi connectivity index (χ1v) is 7.63. The fraction of sp³-hybridized carbons (Fsp3) is 0.375. The third kappa shape index (κ3) is 3.00. The van der Waals surface area contributed by atoms with Gasteiger partial charge in [0, 0.05) is 0 Å². The molecule has 8 heteroatoms. The van der Waals surface area contributed by atoms with Crippen molar-refractivity contribution in [2.24, 2.45) is 0 Å². The topological polar surface area (TPSA) is 99.0 Å². The van der Waals surface area contributed by atoms with Crippen molar-refractivity contribution in [3.63, 3.8) is 0 Å². The smallest absolute Gasteiger partial charge is 0.309 e. The maximum atomic E-state index is 10.9.